The van der Waals surface area contributed by atoms with Gasteiger partial charge < -0.3 is 15.2 Å². The average Bonchev–Trinajstić information content (AvgIpc) is 3.35. The summed E-state index contributed by atoms with van der Waals surface area (Å²) < 4.78 is 5.52. The summed E-state index contributed by atoms with van der Waals surface area (Å²) in [5.74, 6) is 0.634. The van der Waals surface area contributed by atoms with Crippen LogP contribution in [0.5, 0.6) is 11.6 Å². The second-order valence-corrected chi connectivity index (χ2v) is 5.55. The van der Waals surface area contributed by atoms with Gasteiger partial charge in [-0.3, -0.25) is 9.78 Å². The van der Waals surface area contributed by atoms with Crippen molar-refractivity contribution in [2.45, 2.75) is 25.4 Å². The van der Waals surface area contributed by atoms with E-state index in [0.29, 0.717) is 17.3 Å². The van der Waals surface area contributed by atoms with Crippen LogP contribution in [0.2, 0.25) is 0 Å². The van der Waals surface area contributed by atoms with Gasteiger partial charge in [-0.25, -0.2) is 4.98 Å². The Balaban J connectivity index is 1.63. The summed E-state index contributed by atoms with van der Waals surface area (Å²) >= 11 is 0. The first kappa shape index (κ1) is 14.5. The summed E-state index contributed by atoms with van der Waals surface area (Å²) in [5.41, 5.74) is -0.810. The summed E-state index contributed by atoms with van der Waals surface area (Å²) in [6.07, 6.45) is 6.51. The van der Waals surface area contributed by atoms with Crippen molar-refractivity contribution in [3.05, 3.63) is 42.9 Å². The molecule has 2 aromatic rings. The molecule has 114 valence electrons. The van der Waals surface area contributed by atoms with Crippen molar-refractivity contribution in [3.63, 3.8) is 0 Å². The third-order valence-corrected chi connectivity index (χ3v) is 3.68. The first-order valence-corrected chi connectivity index (χ1v) is 7.13. The van der Waals surface area contributed by atoms with Gasteiger partial charge in [0.05, 0.1) is 18.1 Å². The molecule has 0 bridgehead atoms. The van der Waals surface area contributed by atoms with Crippen molar-refractivity contribution in [2.24, 2.45) is 5.92 Å². The molecule has 22 heavy (non-hydrogen) atoms. The number of pyridine rings is 2. The van der Waals surface area contributed by atoms with E-state index in [2.05, 4.69) is 15.3 Å². The van der Waals surface area contributed by atoms with Gasteiger partial charge in [0.2, 0.25) is 5.88 Å². The van der Waals surface area contributed by atoms with Crippen LogP contribution >= 0.6 is 0 Å². The first-order chi connectivity index (χ1) is 10.6. The predicted octanol–water partition coefficient (Wildman–Crippen LogP) is 2.37. The molecule has 2 heterocycles. The second-order valence-electron chi connectivity index (χ2n) is 5.55. The maximum atomic E-state index is 12.1. The molecule has 1 fully saturated rings. The molecule has 0 spiro atoms. The number of amides is 1. The number of anilines is 1. The summed E-state index contributed by atoms with van der Waals surface area (Å²) in [5, 5.41) is 12.8. The fourth-order valence-electron chi connectivity index (χ4n) is 2.13. The summed E-state index contributed by atoms with van der Waals surface area (Å²) in [4.78, 5) is 20.1. The lowest BCUT2D eigenvalue weighted by atomic mass is 9.99. The molecule has 6 heteroatoms. The molecule has 6 nitrogen and oxygen atoms in total. The normalized spacial score (nSPS) is 16.6. The molecule has 0 saturated heterocycles. The van der Waals surface area contributed by atoms with Gasteiger partial charge in [-0.15, -0.1) is 0 Å². The Morgan fingerprint density at radius 1 is 1.36 bits per heavy atom. The maximum absolute atomic E-state index is 12.1. The van der Waals surface area contributed by atoms with Crippen LogP contribution in [0.3, 0.4) is 0 Å². The van der Waals surface area contributed by atoms with E-state index in [-0.39, 0.29) is 5.92 Å². The van der Waals surface area contributed by atoms with Crippen LogP contribution < -0.4 is 10.1 Å². The minimum atomic E-state index is -1.33. The number of aliphatic hydroxyl groups is 1. The molecule has 1 aliphatic rings. The van der Waals surface area contributed by atoms with Crippen molar-refractivity contribution in [1.82, 2.24) is 9.97 Å². The van der Waals surface area contributed by atoms with Gasteiger partial charge >= 0.3 is 0 Å². The topological polar surface area (TPSA) is 84.3 Å². The number of hydrogen-bond acceptors (Lipinski definition) is 5. The van der Waals surface area contributed by atoms with Crippen molar-refractivity contribution in [3.8, 4) is 11.6 Å². The molecule has 2 N–H and O–H groups in total. The van der Waals surface area contributed by atoms with E-state index >= 15 is 0 Å². The predicted molar refractivity (Wildman–Crippen MR) is 80.5 cm³/mol. The molecule has 0 aliphatic heterocycles. The number of carbonyl (C=O) groups is 1. The molecule has 0 radical (unpaired) electrons. The standard InChI is InChI=1S/C16H17N3O3/c1-16(21,11-4-5-11)15(20)19-12-6-7-14(18-9-12)22-13-3-2-8-17-10-13/h2-3,6-11,21H,4-5H2,1H3,(H,19,20)/t16-/m1/s1. The number of aromatic nitrogens is 2. The van der Waals surface area contributed by atoms with E-state index in [1.54, 1.807) is 43.6 Å². The highest BCUT2D eigenvalue weighted by molar-refractivity contribution is 5.97. The van der Waals surface area contributed by atoms with Crippen molar-refractivity contribution >= 4 is 11.6 Å². The summed E-state index contributed by atoms with van der Waals surface area (Å²) in [6, 6.07) is 6.87. The summed E-state index contributed by atoms with van der Waals surface area (Å²) in [7, 11) is 0. The third kappa shape index (κ3) is 3.23. The smallest absolute Gasteiger partial charge is 0.256 e. The number of hydrogen-bond donors (Lipinski definition) is 2. The van der Waals surface area contributed by atoms with Crippen molar-refractivity contribution in [2.75, 3.05) is 5.32 Å². The molecule has 1 atom stereocenters. The average molecular weight is 299 g/mol. The highest BCUT2D eigenvalue weighted by atomic mass is 16.5. The van der Waals surface area contributed by atoms with E-state index in [0.717, 1.165) is 12.8 Å². The van der Waals surface area contributed by atoms with Crippen LogP contribution in [0.1, 0.15) is 19.8 Å². The molecule has 2 aromatic heterocycles. The van der Waals surface area contributed by atoms with Gasteiger partial charge in [0.25, 0.3) is 5.91 Å². The minimum absolute atomic E-state index is 0.0497. The van der Waals surface area contributed by atoms with Crippen LogP contribution in [0.25, 0.3) is 0 Å². The van der Waals surface area contributed by atoms with Crippen LogP contribution in [0.15, 0.2) is 42.9 Å². The van der Waals surface area contributed by atoms with E-state index in [1.807, 2.05) is 0 Å². The quantitative estimate of drug-likeness (QED) is 0.885. The lowest BCUT2D eigenvalue weighted by molar-refractivity contribution is -0.134. The Labute approximate surface area is 128 Å². The van der Waals surface area contributed by atoms with E-state index < -0.39 is 11.5 Å². The molecule has 3 rings (SSSR count). The Morgan fingerprint density at radius 3 is 2.77 bits per heavy atom. The third-order valence-electron chi connectivity index (χ3n) is 3.68. The summed E-state index contributed by atoms with van der Waals surface area (Å²) in [6.45, 7) is 1.55. The maximum Gasteiger partial charge on any atom is 0.256 e. The van der Waals surface area contributed by atoms with E-state index in [4.69, 9.17) is 4.74 Å². The van der Waals surface area contributed by atoms with Crippen LogP contribution in [0, 0.1) is 5.92 Å². The van der Waals surface area contributed by atoms with Gasteiger partial charge in [-0.1, -0.05) is 0 Å². The van der Waals surface area contributed by atoms with Gasteiger partial charge in [-0.2, -0.15) is 0 Å². The number of rotatable bonds is 5. The minimum Gasteiger partial charge on any atom is -0.437 e. The molecule has 1 amide bonds. The van der Waals surface area contributed by atoms with Gasteiger partial charge in [-0.05, 0) is 43.9 Å². The van der Waals surface area contributed by atoms with Crippen LogP contribution in [-0.4, -0.2) is 26.6 Å². The Kier molecular flexibility index (Phi) is 3.77. The Morgan fingerprint density at radius 2 is 2.18 bits per heavy atom. The lowest BCUT2D eigenvalue weighted by Crippen LogP contribution is -2.42. The number of carbonyl (C=O) groups excluding carboxylic acids is 1. The number of nitrogens with zero attached hydrogens (tertiary/aromatic N) is 2. The van der Waals surface area contributed by atoms with E-state index in [9.17, 15) is 9.90 Å². The van der Waals surface area contributed by atoms with Gasteiger partial charge in [0.15, 0.2) is 0 Å². The van der Waals surface area contributed by atoms with Gasteiger partial charge in [0, 0.05) is 12.3 Å². The molecule has 1 saturated carbocycles. The molecule has 0 aromatic carbocycles. The van der Waals surface area contributed by atoms with Crippen LogP contribution in [-0.2, 0) is 4.79 Å². The molecular weight excluding hydrogens is 282 g/mol. The first-order valence-electron chi connectivity index (χ1n) is 7.13. The number of ether oxygens (including phenoxy) is 1. The zero-order valence-corrected chi connectivity index (χ0v) is 12.2. The fraction of sp³-hybridized carbons (Fsp3) is 0.312. The molecule has 1 aliphatic carbocycles. The van der Waals surface area contributed by atoms with Gasteiger partial charge in [0.1, 0.15) is 11.4 Å². The van der Waals surface area contributed by atoms with E-state index in [1.165, 1.54) is 6.20 Å². The largest absolute Gasteiger partial charge is 0.437 e. The number of nitrogens with one attached hydrogen (secondary N) is 1. The molecular formula is C16H17N3O3. The highest BCUT2D eigenvalue weighted by Crippen LogP contribution is 2.40. The zero-order chi connectivity index (χ0) is 15.6. The lowest BCUT2D eigenvalue weighted by Gasteiger charge is -2.21. The second kappa shape index (κ2) is 5.73. The SMILES string of the molecule is C[C@](O)(C(=O)Nc1ccc(Oc2cccnc2)nc1)C1CC1. The Hall–Kier alpha value is -2.47. The highest BCUT2D eigenvalue weighted by Gasteiger charge is 2.45. The monoisotopic (exact) mass is 299 g/mol. The fourth-order valence-corrected chi connectivity index (χ4v) is 2.13. The Bertz CT molecular complexity index is 652. The van der Waals surface area contributed by atoms with Crippen LogP contribution in [0.4, 0.5) is 5.69 Å². The zero-order valence-electron chi connectivity index (χ0n) is 12.2. The van der Waals surface area contributed by atoms with Crippen molar-refractivity contribution < 1.29 is 14.6 Å². The molecule has 0 unspecified atom stereocenters. The van der Waals surface area contributed by atoms with Crippen molar-refractivity contribution in [1.29, 1.82) is 0 Å².